The monoisotopic (exact) mass is 330 g/mol. The maximum absolute atomic E-state index is 12.3. The Morgan fingerprint density at radius 3 is 2.52 bits per heavy atom. The van der Waals surface area contributed by atoms with Crippen LogP contribution in [-0.2, 0) is 16.0 Å². The van der Waals surface area contributed by atoms with Gasteiger partial charge in [0.15, 0.2) is 0 Å². The van der Waals surface area contributed by atoms with Gasteiger partial charge in [0.25, 0.3) is 0 Å². The number of hydrogen-bond acceptors (Lipinski definition) is 3. The van der Waals surface area contributed by atoms with Gasteiger partial charge in [-0.1, -0.05) is 23.2 Å². The van der Waals surface area contributed by atoms with Crippen molar-refractivity contribution in [2.75, 3.05) is 33.3 Å². The zero-order valence-electron chi connectivity index (χ0n) is 11.6. The zero-order valence-corrected chi connectivity index (χ0v) is 13.2. The summed E-state index contributed by atoms with van der Waals surface area (Å²) in [7, 11) is 1.51. The number of methoxy groups -OCH3 is 1. The molecule has 0 saturated carbocycles. The first-order valence-corrected chi connectivity index (χ1v) is 7.29. The number of amides is 2. The van der Waals surface area contributed by atoms with E-state index in [-0.39, 0.29) is 12.3 Å². The van der Waals surface area contributed by atoms with E-state index in [0.717, 1.165) is 6.41 Å². The summed E-state index contributed by atoms with van der Waals surface area (Å²) < 4.78 is 5.24. The highest BCUT2D eigenvalue weighted by atomic mass is 35.5. The van der Waals surface area contributed by atoms with Gasteiger partial charge in [-0.15, -0.1) is 0 Å². The topological polar surface area (TPSA) is 49.9 Å². The van der Waals surface area contributed by atoms with Crippen LogP contribution in [0.2, 0.25) is 10.0 Å². The minimum absolute atomic E-state index is 0.0304. The smallest absolute Gasteiger partial charge is 0.227 e. The van der Waals surface area contributed by atoms with Gasteiger partial charge in [-0.25, -0.2) is 0 Å². The molecule has 2 amide bonds. The maximum Gasteiger partial charge on any atom is 0.227 e. The third-order valence-corrected chi connectivity index (χ3v) is 3.95. The summed E-state index contributed by atoms with van der Waals surface area (Å²) in [4.78, 5) is 26.4. The molecule has 0 bridgehead atoms. The Morgan fingerprint density at radius 2 is 1.95 bits per heavy atom. The summed E-state index contributed by atoms with van der Waals surface area (Å²) in [6, 6.07) is 3.27. The fourth-order valence-electron chi connectivity index (χ4n) is 2.33. The van der Waals surface area contributed by atoms with Crippen LogP contribution in [0, 0.1) is 0 Å². The van der Waals surface area contributed by atoms with Gasteiger partial charge in [0, 0.05) is 36.8 Å². The number of benzene rings is 1. The highest BCUT2D eigenvalue weighted by Crippen LogP contribution is 2.32. The summed E-state index contributed by atoms with van der Waals surface area (Å²) in [5, 5.41) is 0.855. The molecule has 0 N–H and O–H groups in total. The molecular formula is C14H16Cl2N2O3. The predicted molar refractivity (Wildman–Crippen MR) is 80.9 cm³/mol. The second-order valence-corrected chi connectivity index (χ2v) is 5.62. The third-order valence-electron chi connectivity index (χ3n) is 3.45. The van der Waals surface area contributed by atoms with E-state index in [1.165, 1.54) is 7.11 Å². The van der Waals surface area contributed by atoms with Crippen LogP contribution in [0.15, 0.2) is 12.1 Å². The summed E-state index contributed by atoms with van der Waals surface area (Å²) in [5.74, 6) is 0.443. The molecule has 21 heavy (non-hydrogen) atoms. The minimum atomic E-state index is -0.0304. The number of hydrogen-bond donors (Lipinski definition) is 0. The SMILES string of the molecule is COc1c(Cl)cc(Cl)cc1CC(=O)N1CCN(C=O)CC1. The first kappa shape index (κ1) is 15.9. The second-order valence-electron chi connectivity index (χ2n) is 4.78. The summed E-state index contributed by atoms with van der Waals surface area (Å²) in [5.41, 5.74) is 0.665. The zero-order chi connectivity index (χ0) is 15.4. The Morgan fingerprint density at radius 1 is 1.29 bits per heavy atom. The van der Waals surface area contributed by atoms with Crippen molar-refractivity contribution in [2.45, 2.75) is 6.42 Å². The molecule has 1 aromatic rings. The van der Waals surface area contributed by atoms with Gasteiger partial charge in [-0.2, -0.15) is 0 Å². The molecule has 7 heteroatoms. The van der Waals surface area contributed by atoms with Gasteiger partial charge in [0.1, 0.15) is 5.75 Å². The van der Waals surface area contributed by atoms with Crippen molar-refractivity contribution in [3.8, 4) is 5.75 Å². The second kappa shape index (κ2) is 7.00. The number of ether oxygens (including phenoxy) is 1. The Bertz CT molecular complexity index is 543. The molecule has 1 saturated heterocycles. The number of carbonyl (C=O) groups is 2. The molecule has 0 spiro atoms. The number of piperazine rings is 1. The van der Waals surface area contributed by atoms with E-state index in [1.807, 2.05) is 0 Å². The van der Waals surface area contributed by atoms with Crippen molar-refractivity contribution in [3.05, 3.63) is 27.7 Å². The van der Waals surface area contributed by atoms with Gasteiger partial charge in [-0.3, -0.25) is 9.59 Å². The largest absolute Gasteiger partial charge is 0.495 e. The average molecular weight is 331 g/mol. The van der Waals surface area contributed by atoms with Crippen molar-refractivity contribution in [2.24, 2.45) is 0 Å². The van der Waals surface area contributed by atoms with Crippen LogP contribution in [0.1, 0.15) is 5.56 Å². The average Bonchev–Trinajstić information content (AvgIpc) is 2.47. The van der Waals surface area contributed by atoms with E-state index in [4.69, 9.17) is 27.9 Å². The van der Waals surface area contributed by atoms with Crippen LogP contribution in [0.25, 0.3) is 0 Å². The van der Waals surface area contributed by atoms with E-state index in [0.29, 0.717) is 47.5 Å². The van der Waals surface area contributed by atoms with Crippen LogP contribution in [0.4, 0.5) is 0 Å². The Hall–Kier alpha value is -1.46. The van der Waals surface area contributed by atoms with E-state index in [9.17, 15) is 9.59 Å². The first-order valence-electron chi connectivity index (χ1n) is 6.54. The lowest BCUT2D eigenvalue weighted by Crippen LogP contribution is -2.48. The predicted octanol–water partition coefficient (Wildman–Crippen LogP) is 1.85. The maximum atomic E-state index is 12.3. The first-order chi connectivity index (χ1) is 10.0. The van der Waals surface area contributed by atoms with E-state index < -0.39 is 0 Å². The molecule has 1 fully saturated rings. The van der Waals surface area contributed by atoms with Gasteiger partial charge >= 0.3 is 0 Å². The van der Waals surface area contributed by atoms with Gasteiger partial charge in [-0.05, 0) is 12.1 Å². The summed E-state index contributed by atoms with van der Waals surface area (Å²) >= 11 is 12.0. The minimum Gasteiger partial charge on any atom is -0.495 e. The van der Waals surface area contributed by atoms with Crippen LogP contribution in [0.3, 0.4) is 0 Å². The Balaban J connectivity index is 2.08. The third kappa shape index (κ3) is 3.80. The van der Waals surface area contributed by atoms with Crippen molar-refractivity contribution in [1.82, 2.24) is 9.80 Å². The fraction of sp³-hybridized carbons (Fsp3) is 0.429. The van der Waals surface area contributed by atoms with Crippen molar-refractivity contribution < 1.29 is 14.3 Å². The molecule has 114 valence electrons. The van der Waals surface area contributed by atoms with Crippen molar-refractivity contribution in [3.63, 3.8) is 0 Å². The summed E-state index contributed by atoms with van der Waals surface area (Å²) in [6.45, 7) is 2.19. The van der Waals surface area contributed by atoms with Crippen LogP contribution in [-0.4, -0.2) is 55.4 Å². The molecule has 1 heterocycles. The number of nitrogens with zero attached hydrogens (tertiary/aromatic N) is 2. The normalized spacial score (nSPS) is 15.0. The number of halogens is 2. The van der Waals surface area contributed by atoms with Crippen LogP contribution in [0.5, 0.6) is 5.75 Å². The fourth-order valence-corrected chi connectivity index (χ4v) is 2.94. The molecule has 0 aromatic heterocycles. The van der Waals surface area contributed by atoms with Crippen LogP contribution < -0.4 is 4.74 Å². The van der Waals surface area contributed by atoms with Crippen molar-refractivity contribution >= 4 is 35.5 Å². The molecule has 0 radical (unpaired) electrons. The lowest BCUT2D eigenvalue weighted by molar-refractivity contribution is -0.134. The van der Waals surface area contributed by atoms with Crippen LogP contribution >= 0.6 is 23.2 Å². The van der Waals surface area contributed by atoms with Gasteiger partial charge in [0.05, 0.1) is 18.6 Å². The standard InChI is InChI=1S/C14H16Cl2N2O3/c1-21-14-10(6-11(15)8-12(14)16)7-13(20)18-4-2-17(9-19)3-5-18/h6,8-9H,2-5,7H2,1H3. The lowest BCUT2D eigenvalue weighted by atomic mass is 10.1. The van der Waals surface area contributed by atoms with Gasteiger partial charge < -0.3 is 14.5 Å². The van der Waals surface area contributed by atoms with Crippen molar-refractivity contribution in [1.29, 1.82) is 0 Å². The van der Waals surface area contributed by atoms with E-state index >= 15 is 0 Å². The lowest BCUT2D eigenvalue weighted by Gasteiger charge is -2.32. The quantitative estimate of drug-likeness (QED) is 0.791. The molecular weight excluding hydrogens is 315 g/mol. The highest BCUT2D eigenvalue weighted by Gasteiger charge is 2.22. The highest BCUT2D eigenvalue weighted by molar-refractivity contribution is 6.35. The molecule has 1 aromatic carbocycles. The summed E-state index contributed by atoms with van der Waals surface area (Å²) in [6.07, 6.45) is 0.978. The molecule has 0 atom stereocenters. The molecule has 0 aliphatic carbocycles. The molecule has 1 aliphatic heterocycles. The molecule has 2 rings (SSSR count). The van der Waals surface area contributed by atoms with Gasteiger partial charge in [0.2, 0.25) is 12.3 Å². The number of rotatable bonds is 4. The molecule has 5 nitrogen and oxygen atoms in total. The van der Waals surface area contributed by atoms with E-state index in [2.05, 4.69) is 0 Å². The van der Waals surface area contributed by atoms with E-state index in [1.54, 1.807) is 21.9 Å². The molecule has 0 unspecified atom stereocenters. The number of carbonyl (C=O) groups excluding carboxylic acids is 2. The Kier molecular flexibility index (Phi) is 5.31. The molecule has 1 aliphatic rings. The Labute approximate surface area is 133 Å².